The van der Waals surface area contributed by atoms with Crippen LogP contribution < -0.4 is 5.32 Å². The maximum atomic E-state index is 12.6. The van der Waals surface area contributed by atoms with E-state index in [9.17, 15) is 9.59 Å². The van der Waals surface area contributed by atoms with Crippen molar-refractivity contribution < 1.29 is 9.59 Å². The van der Waals surface area contributed by atoms with Gasteiger partial charge in [-0.25, -0.2) is 4.68 Å². The molecule has 0 saturated carbocycles. The third kappa shape index (κ3) is 5.35. The molecule has 0 atom stereocenters. The second-order valence-electron chi connectivity index (χ2n) is 9.01. The molecule has 0 radical (unpaired) electrons. The number of hydrogen-bond acceptors (Lipinski definition) is 3. The number of rotatable bonds is 4. The quantitative estimate of drug-likeness (QED) is 0.827. The molecule has 0 aliphatic heterocycles. The van der Waals surface area contributed by atoms with E-state index < -0.39 is 5.41 Å². The second kappa shape index (κ2) is 7.95. The van der Waals surface area contributed by atoms with Crippen molar-refractivity contribution in [2.24, 2.45) is 5.41 Å². The molecule has 1 N–H and O–H groups in total. The molecule has 2 amide bonds. The third-order valence-electron chi connectivity index (χ3n) is 4.19. The highest BCUT2D eigenvalue weighted by Crippen LogP contribution is 2.27. The van der Waals surface area contributed by atoms with Crippen molar-refractivity contribution >= 4 is 29.2 Å². The first-order valence-corrected chi connectivity index (χ1v) is 9.59. The largest absolute Gasteiger partial charge is 0.336 e. The molecule has 0 fully saturated rings. The molecule has 2 rings (SSSR count). The van der Waals surface area contributed by atoms with Gasteiger partial charge in [-0.1, -0.05) is 53.1 Å². The number of halogens is 1. The molecule has 1 heterocycles. The molecule has 28 heavy (non-hydrogen) atoms. The topological polar surface area (TPSA) is 67.2 Å². The molecular formula is C21H29ClN4O2. The summed E-state index contributed by atoms with van der Waals surface area (Å²) in [5.41, 5.74) is 0.904. The summed E-state index contributed by atoms with van der Waals surface area (Å²) < 4.78 is 1.68. The zero-order valence-electron chi connectivity index (χ0n) is 17.6. The maximum Gasteiger partial charge on any atom is 0.245 e. The molecule has 1 aromatic carbocycles. The number of nitrogens with one attached hydrogen (secondary N) is 1. The lowest BCUT2D eigenvalue weighted by Crippen LogP contribution is -2.41. The van der Waals surface area contributed by atoms with E-state index in [0.717, 1.165) is 11.4 Å². The summed E-state index contributed by atoms with van der Waals surface area (Å²) in [6, 6.07) is 9.09. The summed E-state index contributed by atoms with van der Waals surface area (Å²) in [6.45, 7) is 11.6. The van der Waals surface area contributed by atoms with Gasteiger partial charge in [0.2, 0.25) is 11.8 Å². The minimum atomic E-state index is -0.542. The summed E-state index contributed by atoms with van der Waals surface area (Å²) >= 11 is 5.99. The van der Waals surface area contributed by atoms with Crippen molar-refractivity contribution in [3.63, 3.8) is 0 Å². The standard InChI is InChI=1S/C21H29ClN4O2/c1-20(2,3)16-12-17(26(24-16)15-10-8-14(22)9-11-15)23-18(27)13-25(7)19(28)21(4,5)6/h8-12H,13H2,1-7H3,(H,23,27). The van der Waals surface area contributed by atoms with Crippen molar-refractivity contribution in [2.45, 2.75) is 47.0 Å². The van der Waals surface area contributed by atoms with Crippen LogP contribution in [-0.4, -0.2) is 40.1 Å². The number of nitrogens with zero attached hydrogens (tertiary/aromatic N) is 3. The summed E-state index contributed by atoms with van der Waals surface area (Å²) in [5, 5.41) is 8.18. The summed E-state index contributed by atoms with van der Waals surface area (Å²) in [7, 11) is 1.63. The van der Waals surface area contributed by atoms with Crippen molar-refractivity contribution in [3.05, 3.63) is 41.0 Å². The Morgan fingerprint density at radius 2 is 1.68 bits per heavy atom. The first kappa shape index (κ1) is 22.0. The number of amides is 2. The minimum Gasteiger partial charge on any atom is -0.336 e. The van der Waals surface area contributed by atoms with Gasteiger partial charge in [0.25, 0.3) is 0 Å². The Morgan fingerprint density at radius 1 is 1.11 bits per heavy atom. The average molecular weight is 405 g/mol. The molecule has 0 aliphatic rings. The number of aromatic nitrogens is 2. The van der Waals surface area contributed by atoms with Gasteiger partial charge in [0, 0.05) is 29.0 Å². The molecule has 0 unspecified atom stereocenters. The molecular weight excluding hydrogens is 376 g/mol. The Labute approximate surface area is 171 Å². The van der Waals surface area contributed by atoms with Gasteiger partial charge in [0.15, 0.2) is 0 Å². The van der Waals surface area contributed by atoms with Crippen molar-refractivity contribution in [3.8, 4) is 5.69 Å². The lowest BCUT2D eigenvalue weighted by Gasteiger charge is -2.25. The minimum absolute atomic E-state index is 0.0350. The zero-order chi connectivity index (χ0) is 21.3. The van der Waals surface area contributed by atoms with Crippen LogP contribution in [0.1, 0.15) is 47.2 Å². The van der Waals surface area contributed by atoms with Crippen LogP contribution in [0, 0.1) is 5.41 Å². The van der Waals surface area contributed by atoms with Crippen LogP contribution in [0.25, 0.3) is 5.69 Å². The highest BCUT2D eigenvalue weighted by molar-refractivity contribution is 6.30. The SMILES string of the molecule is CN(CC(=O)Nc1cc(C(C)(C)C)nn1-c1ccc(Cl)cc1)C(=O)C(C)(C)C. The Balaban J connectivity index is 2.28. The number of carbonyl (C=O) groups is 2. The molecule has 0 spiro atoms. The van der Waals surface area contributed by atoms with Crippen LogP contribution in [0.5, 0.6) is 0 Å². The average Bonchev–Trinajstić information content (AvgIpc) is 2.97. The van der Waals surface area contributed by atoms with Crippen LogP contribution in [0.4, 0.5) is 5.82 Å². The van der Waals surface area contributed by atoms with Crippen LogP contribution >= 0.6 is 11.6 Å². The first-order chi connectivity index (χ1) is 12.8. The molecule has 6 nitrogen and oxygen atoms in total. The van der Waals surface area contributed by atoms with Crippen molar-refractivity contribution in [1.82, 2.24) is 14.7 Å². The van der Waals surface area contributed by atoms with Gasteiger partial charge in [-0.3, -0.25) is 9.59 Å². The fourth-order valence-corrected chi connectivity index (χ4v) is 2.78. The van der Waals surface area contributed by atoms with E-state index in [-0.39, 0.29) is 23.8 Å². The predicted molar refractivity (Wildman–Crippen MR) is 113 cm³/mol. The van der Waals surface area contributed by atoms with E-state index in [0.29, 0.717) is 10.8 Å². The van der Waals surface area contributed by atoms with Gasteiger partial charge in [-0.15, -0.1) is 0 Å². The zero-order valence-corrected chi connectivity index (χ0v) is 18.4. The Kier molecular flexibility index (Phi) is 6.24. The number of carbonyl (C=O) groups excluding carboxylic acids is 2. The van der Waals surface area contributed by atoms with Gasteiger partial charge in [0.1, 0.15) is 5.82 Å². The first-order valence-electron chi connectivity index (χ1n) is 9.21. The molecule has 152 valence electrons. The third-order valence-corrected chi connectivity index (χ3v) is 4.44. The fraction of sp³-hybridized carbons (Fsp3) is 0.476. The smallest absolute Gasteiger partial charge is 0.245 e. The van der Waals surface area contributed by atoms with Crippen molar-refractivity contribution in [2.75, 3.05) is 18.9 Å². The Bertz CT molecular complexity index is 858. The molecule has 1 aromatic heterocycles. The predicted octanol–water partition coefficient (Wildman–Crippen LogP) is 4.27. The van der Waals surface area contributed by atoms with Crippen LogP contribution in [0.2, 0.25) is 5.02 Å². The van der Waals surface area contributed by atoms with Crippen LogP contribution in [0.3, 0.4) is 0 Å². The summed E-state index contributed by atoms with van der Waals surface area (Å²) in [6.07, 6.45) is 0. The van der Waals surface area contributed by atoms with Crippen molar-refractivity contribution in [1.29, 1.82) is 0 Å². The number of anilines is 1. The van der Waals surface area contributed by atoms with Gasteiger partial charge in [-0.2, -0.15) is 5.10 Å². The van der Waals surface area contributed by atoms with E-state index in [1.54, 1.807) is 23.9 Å². The number of likely N-dealkylation sites (N-methyl/N-ethyl adjacent to an activating group) is 1. The Hall–Kier alpha value is -2.34. The van der Waals surface area contributed by atoms with E-state index >= 15 is 0 Å². The summed E-state index contributed by atoms with van der Waals surface area (Å²) in [4.78, 5) is 26.3. The van der Waals surface area contributed by atoms with E-state index in [1.165, 1.54) is 4.90 Å². The molecule has 7 heteroatoms. The normalized spacial score (nSPS) is 12.0. The van der Waals surface area contributed by atoms with E-state index in [2.05, 4.69) is 31.2 Å². The lowest BCUT2D eigenvalue weighted by molar-refractivity contribution is -0.140. The maximum absolute atomic E-state index is 12.6. The fourth-order valence-electron chi connectivity index (χ4n) is 2.66. The van der Waals surface area contributed by atoms with E-state index in [1.807, 2.05) is 39.0 Å². The number of benzene rings is 1. The highest BCUT2D eigenvalue weighted by Gasteiger charge is 2.27. The Morgan fingerprint density at radius 3 is 2.18 bits per heavy atom. The molecule has 2 aromatic rings. The van der Waals surface area contributed by atoms with Gasteiger partial charge >= 0.3 is 0 Å². The van der Waals surface area contributed by atoms with Crippen LogP contribution in [-0.2, 0) is 15.0 Å². The number of hydrogen-bond donors (Lipinski definition) is 1. The summed E-state index contributed by atoms with van der Waals surface area (Å²) in [5.74, 6) is 0.175. The van der Waals surface area contributed by atoms with Crippen LogP contribution in [0.15, 0.2) is 30.3 Å². The second-order valence-corrected chi connectivity index (χ2v) is 9.45. The molecule has 0 aliphatic carbocycles. The van der Waals surface area contributed by atoms with Gasteiger partial charge in [0.05, 0.1) is 17.9 Å². The van der Waals surface area contributed by atoms with Gasteiger partial charge in [-0.05, 0) is 24.3 Å². The molecule has 0 bridgehead atoms. The monoisotopic (exact) mass is 404 g/mol. The lowest BCUT2D eigenvalue weighted by atomic mass is 9.92. The molecule has 0 saturated heterocycles. The van der Waals surface area contributed by atoms with Gasteiger partial charge < -0.3 is 10.2 Å². The highest BCUT2D eigenvalue weighted by atomic mass is 35.5. The van der Waals surface area contributed by atoms with E-state index in [4.69, 9.17) is 11.6 Å².